The molecule has 1 aromatic carbocycles. The van der Waals surface area contributed by atoms with Crippen molar-refractivity contribution >= 4 is 16.6 Å². The molecule has 0 radical (unpaired) electrons. The van der Waals surface area contributed by atoms with Gasteiger partial charge in [0.2, 0.25) is 0 Å². The molecule has 0 bridgehead atoms. The van der Waals surface area contributed by atoms with E-state index in [-0.39, 0.29) is 0 Å². The summed E-state index contributed by atoms with van der Waals surface area (Å²) >= 11 is 0. The van der Waals surface area contributed by atoms with Crippen LogP contribution in [-0.2, 0) is 0 Å². The molecule has 1 aromatic heterocycles. The maximum Gasteiger partial charge on any atom is 0.117 e. The molecule has 3 heteroatoms. The van der Waals surface area contributed by atoms with Gasteiger partial charge in [-0.05, 0) is 36.7 Å². The van der Waals surface area contributed by atoms with Gasteiger partial charge in [-0.2, -0.15) is 0 Å². The first kappa shape index (κ1) is 7.98. The number of aromatic nitrogens is 1. The number of fused-ring (bicyclic) bond motifs is 1. The molecule has 0 aliphatic heterocycles. The Morgan fingerprint density at radius 3 is 2.77 bits per heavy atom. The van der Waals surface area contributed by atoms with Crippen LogP contribution in [0, 0.1) is 18.8 Å². The molecular formula is C10H10N2O. The minimum atomic E-state index is 0.513. The molecule has 0 saturated heterocycles. The van der Waals surface area contributed by atoms with Crippen molar-refractivity contribution in [3.8, 4) is 0 Å². The van der Waals surface area contributed by atoms with Gasteiger partial charge < -0.3 is 4.98 Å². The molecular weight excluding hydrogens is 164 g/mol. The predicted octanol–water partition coefficient (Wildman–Crippen LogP) is 3.18. The van der Waals surface area contributed by atoms with E-state index in [4.69, 9.17) is 0 Å². The van der Waals surface area contributed by atoms with Crippen LogP contribution in [-0.4, -0.2) is 4.98 Å². The number of aromatic amines is 1. The minimum absolute atomic E-state index is 0.513. The van der Waals surface area contributed by atoms with Crippen LogP contribution in [0.5, 0.6) is 0 Å². The van der Waals surface area contributed by atoms with Gasteiger partial charge in [-0.1, -0.05) is 6.07 Å². The summed E-state index contributed by atoms with van der Waals surface area (Å²) < 4.78 is 0. The molecule has 1 N–H and O–H groups in total. The zero-order chi connectivity index (χ0) is 9.42. The summed E-state index contributed by atoms with van der Waals surface area (Å²) in [5, 5.41) is 3.94. The zero-order valence-electron chi connectivity index (χ0n) is 7.59. The minimum Gasteiger partial charge on any atom is -0.358 e. The Hall–Kier alpha value is -1.64. The Labute approximate surface area is 75.7 Å². The van der Waals surface area contributed by atoms with Crippen LogP contribution in [0.1, 0.15) is 11.3 Å². The number of H-pyrrole nitrogens is 1. The van der Waals surface area contributed by atoms with Gasteiger partial charge in [0.1, 0.15) is 5.69 Å². The molecule has 2 rings (SSSR count). The second-order valence-corrected chi connectivity index (χ2v) is 3.17. The summed E-state index contributed by atoms with van der Waals surface area (Å²) in [6, 6.07) is 5.51. The van der Waals surface area contributed by atoms with Crippen molar-refractivity contribution in [2.45, 2.75) is 13.8 Å². The lowest BCUT2D eigenvalue weighted by Gasteiger charge is -1.93. The molecule has 3 nitrogen and oxygen atoms in total. The molecule has 0 fully saturated rings. The average molecular weight is 174 g/mol. The third-order valence-electron chi connectivity index (χ3n) is 2.40. The van der Waals surface area contributed by atoms with Gasteiger partial charge in [-0.15, -0.1) is 4.91 Å². The van der Waals surface area contributed by atoms with E-state index < -0.39 is 0 Å². The van der Waals surface area contributed by atoms with Crippen molar-refractivity contribution in [1.82, 2.24) is 4.98 Å². The normalized spacial score (nSPS) is 10.6. The van der Waals surface area contributed by atoms with E-state index >= 15 is 0 Å². The van der Waals surface area contributed by atoms with Gasteiger partial charge in [-0.25, -0.2) is 0 Å². The van der Waals surface area contributed by atoms with E-state index in [1.165, 1.54) is 0 Å². The van der Waals surface area contributed by atoms with E-state index in [2.05, 4.69) is 10.2 Å². The lowest BCUT2D eigenvalue weighted by molar-refractivity contribution is 1.25. The summed E-state index contributed by atoms with van der Waals surface area (Å²) in [7, 11) is 0. The molecule has 0 amide bonds. The molecule has 0 atom stereocenters. The van der Waals surface area contributed by atoms with Crippen molar-refractivity contribution < 1.29 is 0 Å². The predicted molar refractivity (Wildman–Crippen MR) is 53.2 cm³/mol. The largest absolute Gasteiger partial charge is 0.358 e. The third-order valence-corrected chi connectivity index (χ3v) is 2.40. The number of nitrogens with one attached hydrogen (secondary N) is 1. The first-order chi connectivity index (χ1) is 6.24. The van der Waals surface area contributed by atoms with Crippen molar-refractivity contribution in [3.63, 3.8) is 0 Å². The lowest BCUT2D eigenvalue weighted by atomic mass is 10.1. The fourth-order valence-corrected chi connectivity index (χ4v) is 1.60. The number of hydrogen-bond acceptors (Lipinski definition) is 2. The fraction of sp³-hybridized carbons (Fsp3) is 0.200. The number of benzene rings is 1. The molecule has 2 aromatic rings. The van der Waals surface area contributed by atoms with Crippen LogP contribution in [0.4, 0.5) is 5.69 Å². The highest BCUT2D eigenvalue weighted by molar-refractivity contribution is 5.94. The number of rotatable bonds is 1. The number of aryl methyl sites for hydroxylation is 2. The molecule has 13 heavy (non-hydrogen) atoms. The van der Waals surface area contributed by atoms with Gasteiger partial charge in [0.15, 0.2) is 0 Å². The van der Waals surface area contributed by atoms with Crippen LogP contribution in [0.2, 0.25) is 0 Å². The topological polar surface area (TPSA) is 45.2 Å². The summed E-state index contributed by atoms with van der Waals surface area (Å²) in [6.45, 7) is 3.98. The highest BCUT2D eigenvalue weighted by atomic mass is 16.3. The van der Waals surface area contributed by atoms with Crippen LogP contribution in [0.25, 0.3) is 10.9 Å². The number of hydrogen-bond donors (Lipinski definition) is 1. The standard InChI is InChI=1S/C10H10N2O/c1-6-7(2)11-8-4-3-5-9(12-13)10(6)8/h3-5,11H,1-2H3. The Morgan fingerprint density at radius 1 is 1.31 bits per heavy atom. The molecule has 1 heterocycles. The van der Waals surface area contributed by atoms with Crippen molar-refractivity contribution in [3.05, 3.63) is 34.4 Å². The van der Waals surface area contributed by atoms with Crippen LogP contribution in [0.3, 0.4) is 0 Å². The molecule has 66 valence electrons. The van der Waals surface area contributed by atoms with E-state index in [1.807, 2.05) is 26.0 Å². The molecule has 0 spiro atoms. The van der Waals surface area contributed by atoms with Crippen molar-refractivity contribution in [2.75, 3.05) is 0 Å². The first-order valence-electron chi connectivity index (χ1n) is 4.15. The van der Waals surface area contributed by atoms with Crippen LogP contribution < -0.4 is 0 Å². The Balaban J connectivity index is 2.94. The van der Waals surface area contributed by atoms with Crippen LogP contribution >= 0.6 is 0 Å². The van der Waals surface area contributed by atoms with Crippen molar-refractivity contribution in [1.29, 1.82) is 0 Å². The Bertz CT molecular complexity index is 471. The van der Waals surface area contributed by atoms with E-state index in [0.29, 0.717) is 5.69 Å². The van der Waals surface area contributed by atoms with Crippen molar-refractivity contribution in [2.24, 2.45) is 5.18 Å². The third kappa shape index (κ3) is 1.04. The second kappa shape index (κ2) is 2.69. The molecule has 0 aliphatic carbocycles. The maximum atomic E-state index is 10.5. The zero-order valence-corrected chi connectivity index (χ0v) is 7.59. The van der Waals surface area contributed by atoms with Gasteiger partial charge in [-0.3, -0.25) is 0 Å². The first-order valence-corrected chi connectivity index (χ1v) is 4.15. The van der Waals surface area contributed by atoms with Gasteiger partial charge in [0.25, 0.3) is 0 Å². The Kier molecular flexibility index (Phi) is 1.65. The summed E-state index contributed by atoms with van der Waals surface area (Å²) in [5.41, 5.74) is 3.68. The molecule has 0 saturated carbocycles. The highest BCUT2D eigenvalue weighted by Gasteiger charge is 2.08. The quantitative estimate of drug-likeness (QED) is 0.663. The SMILES string of the molecule is Cc1[nH]c2cccc(N=O)c2c1C. The summed E-state index contributed by atoms with van der Waals surface area (Å²) in [4.78, 5) is 13.7. The fourth-order valence-electron chi connectivity index (χ4n) is 1.60. The Morgan fingerprint density at radius 2 is 2.08 bits per heavy atom. The number of nitrogens with zero attached hydrogens (tertiary/aromatic N) is 1. The number of nitroso groups, excluding NO2 is 1. The van der Waals surface area contributed by atoms with Gasteiger partial charge in [0.05, 0.1) is 0 Å². The monoisotopic (exact) mass is 174 g/mol. The summed E-state index contributed by atoms with van der Waals surface area (Å²) in [5.74, 6) is 0. The highest BCUT2D eigenvalue weighted by Crippen LogP contribution is 2.30. The van der Waals surface area contributed by atoms with E-state index in [1.54, 1.807) is 6.07 Å². The van der Waals surface area contributed by atoms with Gasteiger partial charge in [0, 0.05) is 16.6 Å². The molecule has 0 unspecified atom stereocenters. The maximum absolute atomic E-state index is 10.5. The summed E-state index contributed by atoms with van der Waals surface area (Å²) in [6.07, 6.45) is 0. The van der Waals surface area contributed by atoms with Gasteiger partial charge >= 0.3 is 0 Å². The second-order valence-electron chi connectivity index (χ2n) is 3.17. The van der Waals surface area contributed by atoms with Crippen LogP contribution in [0.15, 0.2) is 23.4 Å². The average Bonchev–Trinajstić information content (AvgIpc) is 2.43. The lowest BCUT2D eigenvalue weighted by Crippen LogP contribution is -1.72. The smallest absolute Gasteiger partial charge is 0.117 e. The van der Waals surface area contributed by atoms with E-state index in [0.717, 1.165) is 22.2 Å². The van der Waals surface area contributed by atoms with E-state index in [9.17, 15) is 4.91 Å². The molecule has 0 aliphatic rings.